The lowest BCUT2D eigenvalue weighted by Gasteiger charge is -2.28. The quantitative estimate of drug-likeness (QED) is 0.116. The molecule has 1 amide bonds. The van der Waals surface area contributed by atoms with E-state index < -0.39 is 22.7 Å². The van der Waals surface area contributed by atoms with Crippen LogP contribution in [-0.2, 0) is 16.2 Å². The summed E-state index contributed by atoms with van der Waals surface area (Å²) in [7, 11) is 0. The molecule has 1 heterocycles. The average molecular weight is 544 g/mol. The highest BCUT2D eigenvalue weighted by Crippen LogP contribution is 2.40. The van der Waals surface area contributed by atoms with Gasteiger partial charge in [0.05, 0.1) is 16.5 Å². The van der Waals surface area contributed by atoms with Crippen molar-refractivity contribution >= 4 is 23.1 Å². The molecule has 1 aliphatic rings. The van der Waals surface area contributed by atoms with Crippen LogP contribution in [0.5, 0.6) is 5.75 Å². The third kappa shape index (κ3) is 6.21. The summed E-state index contributed by atoms with van der Waals surface area (Å²) in [5, 5.41) is 22.5. The SMILES string of the molecule is CCN(CC)CCN1C(=O)C(=O)C(=C(O)c2ccc(OCc3cccc(C)c3)cc2)C1c1ccc([N+](=O)[O-])cc1. The standard InChI is InChI=1S/C31H33N3O6/c1-4-32(5-2)17-18-33-28(23-9-13-25(14-10-23)34(38)39)27(30(36)31(33)37)29(35)24-11-15-26(16-12-24)40-20-22-8-6-7-21(3)19-22/h6-16,19,28,35H,4-5,17-18,20H2,1-3H3. The molecule has 1 unspecified atom stereocenters. The predicted octanol–water partition coefficient (Wildman–Crippen LogP) is 5.25. The van der Waals surface area contributed by atoms with Gasteiger partial charge in [0.25, 0.3) is 17.4 Å². The minimum atomic E-state index is -0.881. The summed E-state index contributed by atoms with van der Waals surface area (Å²) in [5.74, 6) is -1.22. The van der Waals surface area contributed by atoms with Gasteiger partial charge >= 0.3 is 0 Å². The maximum Gasteiger partial charge on any atom is 0.295 e. The molecule has 3 aromatic rings. The zero-order valence-corrected chi connectivity index (χ0v) is 22.9. The average Bonchev–Trinajstić information content (AvgIpc) is 3.21. The van der Waals surface area contributed by atoms with E-state index in [0.29, 0.717) is 30.0 Å². The number of nitro groups is 1. The molecule has 1 aliphatic heterocycles. The molecule has 3 aromatic carbocycles. The molecular weight excluding hydrogens is 510 g/mol. The van der Waals surface area contributed by atoms with Crippen LogP contribution < -0.4 is 4.74 Å². The molecule has 208 valence electrons. The van der Waals surface area contributed by atoms with Gasteiger partial charge in [-0.15, -0.1) is 0 Å². The van der Waals surface area contributed by atoms with E-state index in [2.05, 4.69) is 4.90 Å². The van der Waals surface area contributed by atoms with Gasteiger partial charge in [0.2, 0.25) is 0 Å². The van der Waals surface area contributed by atoms with Crippen molar-refractivity contribution in [2.45, 2.75) is 33.4 Å². The van der Waals surface area contributed by atoms with Gasteiger partial charge < -0.3 is 19.6 Å². The van der Waals surface area contributed by atoms with Crippen molar-refractivity contribution in [2.24, 2.45) is 0 Å². The highest BCUT2D eigenvalue weighted by molar-refractivity contribution is 6.46. The van der Waals surface area contributed by atoms with Crippen molar-refractivity contribution in [3.05, 3.63) is 111 Å². The number of hydrogen-bond donors (Lipinski definition) is 1. The van der Waals surface area contributed by atoms with Crippen LogP contribution in [0.4, 0.5) is 5.69 Å². The summed E-state index contributed by atoms with van der Waals surface area (Å²) in [6, 6.07) is 19.5. The first-order chi connectivity index (χ1) is 19.2. The predicted molar refractivity (Wildman–Crippen MR) is 152 cm³/mol. The van der Waals surface area contributed by atoms with Crippen LogP contribution in [0.15, 0.2) is 78.4 Å². The summed E-state index contributed by atoms with van der Waals surface area (Å²) >= 11 is 0. The van der Waals surface area contributed by atoms with E-state index in [1.165, 1.54) is 29.2 Å². The lowest BCUT2D eigenvalue weighted by molar-refractivity contribution is -0.384. The van der Waals surface area contributed by atoms with E-state index in [-0.39, 0.29) is 23.6 Å². The summed E-state index contributed by atoms with van der Waals surface area (Å²) in [6.45, 7) is 8.78. The number of carbonyl (C=O) groups excluding carboxylic acids is 2. The Bertz CT molecular complexity index is 1410. The Hall–Kier alpha value is -4.50. The topological polar surface area (TPSA) is 113 Å². The Morgan fingerprint density at radius 1 is 1.02 bits per heavy atom. The van der Waals surface area contributed by atoms with E-state index in [4.69, 9.17) is 4.74 Å². The normalized spacial score (nSPS) is 16.5. The number of hydrogen-bond acceptors (Lipinski definition) is 7. The van der Waals surface area contributed by atoms with Crippen LogP contribution in [0.25, 0.3) is 5.76 Å². The van der Waals surface area contributed by atoms with E-state index in [1.807, 2.05) is 45.0 Å². The molecule has 0 spiro atoms. The largest absolute Gasteiger partial charge is 0.507 e. The Labute approximate surface area is 233 Å². The number of ketones is 1. The molecule has 0 aliphatic carbocycles. The molecule has 1 N–H and O–H groups in total. The van der Waals surface area contributed by atoms with Gasteiger partial charge in [-0.1, -0.05) is 43.7 Å². The van der Waals surface area contributed by atoms with Crippen LogP contribution in [0.1, 0.15) is 42.1 Å². The molecule has 1 saturated heterocycles. The van der Waals surface area contributed by atoms with Crippen LogP contribution in [0, 0.1) is 17.0 Å². The Balaban J connectivity index is 1.65. The number of aliphatic hydroxyl groups is 1. The zero-order chi connectivity index (χ0) is 28.8. The molecule has 4 rings (SSSR count). The van der Waals surface area contributed by atoms with E-state index in [9.17, 15) is 24.8 Å². The lowest BCUT2D eigenvalue weighted by atomic mass is 9.95. The number of nitrogens with zero attached hydrogens (tertiary/aromatic N) is 3. The molecule has 0 aromatic heterocycles. The number of amides is 1. The van der Waals surface area contributed by atoms with Crippen molar-refractivity contribution < 1.29 is 24.4 Å². The number of Topliss-reactive ketones (excluding diaryl/α,β-unsaturated/α-hetero) is 1. The summed E-state index contributed by atoms with van der Waals surface area (Å²) in [4.78, 5) is 40.7. The molecule has 0 saturated carbocycles. The molecule has 40 heavy (non-hydrogen) atoms. The zero-order valence-electron chi connectivity index (χ0n) is 22.9. The van der Waals surface area contributed by atoms with E-state index in [0.717, 1.165) is 24.2 Å². The smallest absolute Gasteiger partial charge is 0.295 e. The fraction of sp³-hybridized carbons (Fsp3) is 0.290. The number of carbonyl (C=O) groups is 2. The second-order valence-electron chi connectivity index (χ2n) is 9.67. The van der Waals surface area contributed by atoms with Gasteiger partial charge in [-0.25, -0.2) is 0 Å². The monoisotopic (exact) mass is 543 g/mol. The third-order valence-electron chi connectivity index (χ3n) is 7.13. The molecule has 0 bridgehead atoms. The van der Waals surface area contributed by atoms with E-state index in [1.54, 1.807) is 24.3 Å². The van der Waals surface area contributed by atoms with Crippen molar-refractivity contribution in [1.29, 1.82) is 0 Å². The van der Waals surface area contributed by atoms with Gasteiger partial charge in [-0.3, -0.25) is 19.7 Å². The number of aliphatic hydroxyl groups excluding tert-OH is 1. The summed E-state index contributed by atoms with van der Waals surface area (Å²) in [5.41, 5.74) is 2.87. The molecule has 9 heteroatoms. The van der Waals surface area contributed by atoms with Crippen LogP contribution in [0.2, 0.25) is 0 Å². The minimum absolute atomic E-state index is 0.0492. The minimum Gasteiger partial charge on any atom is -0.507 e. The van der Waals surface area contributed by atoms with Gasteiger partial charge in [0.15, 0.2) is 0 Å². The fourth-order valence-electron chi connectivity index (χ4n) is 4.86. The van der Waals surface area contributed by atoms with Crippen molar-refractivity contribution in [2.75, 3.05) is 26.2 Å². The van der Waals surface area contributed by atoms with Gasteiger partial charge in [-0.2, -0.15) is 0 Å². The molecule has 1 atom stereocenters. The first-order valence-corrected chi connectivity index (χ1v) is 13.3. The van der Waals surface area contributed by atoms with Gasteiger partial charge in [0, 0.05) is 30.8 Å². The fourth-order valence-corrected chi connectivity index (χ4v) is 4.86. The Kier molecular flexibility index (Phi) is 8.96. The second kappa shape index (κ2) is 12.6. The maximum atomic E-state index is 13.3. The third-order valence-corrected chi connectivity index (χ3v) is 7.13. The highest BCUT2D eigenvalue weighted by Gasteiger charge is 2.46. The number of likely N-dealkylation sites (tertiary alicyclic amines) is 1. The summed E-state index contributed by atoms with van der Waals surface area (Å²) in [6.07, 6.45) is 0. The molecule has 1 fully saturated rings. The van der Waals surface area contributed by atoms with Crippen molar-refractivity contribution in [3.63, 3.8) is 0 Å². The number of aryl methyl sites for hydroxylation is 1. The maximum absolute atomic E-state index is 13.3. The number of nitro benzene ring substituents is 1. The first kappa shape index (κ1) is 28.5. The number of benzene rings is 3. The Morgan fingerprint density at radius 2 is 1.70 bits per heavy atom. The second-order valence-corrected chi connectivity index (χ2v) is 9.67. The van der Waals surface area contributed by atoms with Crippen LogP contribution >= 0.6 is 0 Å². The van der Waals surface area contributed by atoms with Crippen LogP contribution in [-0.4, -0.2) is 57.7 Å². The van der Waals surface area contributed by atoms with Crippen molar-refractivity contribution in [1.82, 2.24) is 9.80 Å². The molecular formula is C31H33N3O6. The van der Waals surface area contributed by atoms with E-state index >= 15 is 0 Å². The number of rotatable bonds is 11. The lowest BCUT2D eigenvalue weighted by Crippen LogP contribution is -2.38. The number of ether oxygens (including phenoxy) is 1. The molecule has 0 radical (unpaired) electrons. The van der Waals surface area contributed by atoms with Crippen molar-refractivity contribution in [3.8, 4) is 5.75 Å². The summed E-state index contributed by atoms with van der Waals surface area (Å²) < 4.78 is 5.87. The number of likely N-dealkylation sites (N-methyl/N-ethyl adjacent to an activating group) is 1. The molecule has 9 nitrogen and oxygen atoms in total. The number of non-ortho nitro benzene ring substituents is 1. The van der Waals surface area contributed by atoms with Gasteiger partial charge in [0.1, 0.15) is 18.1 Å². The first-order valence-electron chi connectivity index (χ1n) is 13.3. The Morgan fingerprint density at radius 3 is 2.30 bits per heavy atom. The van der Waals surface area contributed by atoms with Crippen LogP contribution in [0.3, 0.4) is 0 Å². The van der Waals surface area contributed by atoms with Gasteiger partial charge in [-0.05, 0) is 67.5 Å². The highest BCUT2D eigenvalue weighted by atomic mass is 16.6.